The first kappa shape index (κ1) is 11.4. The Hall–Kier alpha value is -1.06. The molecular formula is C13H21N3. The van der Waals surface area contributed by atoms with Gasteiger partial charge in [-0.1, -0.05) is 12.1 Å². The van der Waals surface area contributed by atoms with E-state index in [-0.39, 0.29) is 0 Å². The highest BCUT2D eigenvalue weighted by Gasteiger charge is 2.08. The first-order chi connectivity index (χ1) is 7.88. The standard InChI is InChI=1S/C13H21N3/c1-14-13-5-2-4-12(10-13)11-16-8-3-6-15-7-9-16/h2,4-5,10,14-15H,3,6-9,11H2,1H3. The van der Waals surface area contributed by atoms with Crippen LogP contribution < -0.4 is 10.6 Å². The minimum absolute atomic E-state index is 1.07. The van der Waals surface area contributed by atoms with Crippen LogP contribution in [0.3, 0.4) is 0 Å². The van der Waals surface area contributed by atoms with Crippen LogP contribution in [0.5, 0.6) is 0 Å². The molecule has 3 heteroatoms. The smallest absolute Gasteiger partial charge is 0.0340 e. The van der Waals surface area contributed by atoms with E-state index in [0.717, 1.165) is 26.2 Å². The Balaban J connectivity index is 1.96. The Morgan fingerprint density at radius 2 is 2.25 bits per heavy atom. The van der Waals surface area contributed by atoms with Crippen molar-refractivity contribution in [2.75, 3.05) is 38.5 Å². The average Bonchev–Trinajstić information content (AvgIpc) is 2.58. The van der Waals surface area contributed by atoms with Crippen LogP contribution in [-0.2, 0) is 6.54 Å². The molecule has 1 aromatic carbocycles. The molecule has 0 radical (unpaired) electrons. The number of nitrogens with zero attached hydrogens (tertiary/aromatic N) is 1. The van der Waals surface area contributed by atoms with Gasteiger partial charge in [0, 0.05) is 32.4 Å². The summed E-state index contributed by atoms with van der Waals surface area (Å²) in [6.45, 7) is 5.70. The van der Waals surface area contributed by atoms with E-state index < -0.39 is 0 Å². The third-order valence-electron chi connectivity index (χ3n) is 3.05. The van der Waals surface area contributed by atoms with E-state index in [4.69, 9.17) is 0 Å². The molecule has 1 aromatic rings. The average molecular weight is 219 g/mol. The first-order valence-electron chi connectivity index (χ1n) is 6.08. The van der Waals surface area contributed by atoms with Crippen molar-refractivity contribution in [3.63, 3.8) is 0 Å². The normalized spacial score (nSPS) is 18.1. The van der Waals surface area contributed by atoms with Crippen LogP contribution in [0.15, 0.2) is 24.3 Å². The molecule has 1 saturated heterocycles. The van der Waals surface area contributed by atoms with Crippen LogP contribution >= 0.6 is 0 Å². The van der Waals surface area contributed by atoms with E-state index in [1.165, 1.54) is 24.2 Å². The SMILES string of the molecule is CNc1cccc(CN2CCCNCC2)c1. The van der Waals surface area contributed by atoms with Crippen LogP contribution in [0, 0.1) is 0 Å². The summed E-state index contributed by atoms with van der Waals surface area (Å²) < 4.78 is 0. The molecule has 0 bridgehead atoms. The van der Waals surface area contributed by atoms with Crippen molar-refractivity contribution < 1.29 is 0 Å². The van der Waals surface area contributed by atoms with Gasteiger partial charge < -0.3 is 10.6 Å². The van der Waals surface area contributed by atoms with E-state index in [9.17, 15) is 0 Å². The van der Waals surface area contributed by atoms with Crippen molar-refractivity contribution >= 4 is 5.69 Å². The second kappa shape index (κ2) is 5.87. The van der Waals surface area contributed by atoms with Crippen molar-refractivity contribution in [2.24, 2.45) is 0 Å². The molecular weight excluding hydrogens is 198 g/mol. The minimum Gasteiger partial charge on any atom is -0.388 e. The monoisotopic (exact) mass is 219 g/mol. The second-order valence-corrected chi connectivity index (χ2v) is 4.33. The second-order valence-electron chi connectivity index (χ2n) is 4.33. The van der Waals surface area contributed by atoms with Gasteiger partial charge in [0.25, 0.3) is 0 Å². The summed E-state index contributed by atoms with van der Waals surface area (Å²) in [5.74, 6) is 0. The molecule has 1 aliphatic rings. The van der Waals surface area contributed by atoms with Crippen molar-refractivity contribution in [2.45, 2.75) is 13.0 Å². The maximum atomic E-state index is 3.43. The molecule has 3 nitrogen and oxygen atoms in total. The molecule has 88 valence electrons. The maximum absolute atomic E-state index is 3.43. The lowest BCUT2D eigenvalue weighted by molar-refractivity contribution is 0.284. The van der Waals surface area contributed by atoms with E-state index in [0.29, 0.717) is 0 Å². The van der Waals surface area contributed by atoms with Crippen LogP contribution in [0.25, 0.3) is 0 Å². The first-order valence-corrected chi connectivity index (χ1v) is 6.08. The van der Waals surface area contributed by atoms with Crippen LogP contribution in [0.1, 0.15) is 12.0 Å². The third-order valence-corrected chi connectivity index (χ3v) is 3.05. The lowest BCUT2D eigenvalue weighted by atomic mass is 10.2. The molecule has 1 fully saturated rings. The third kappa shape index (κ3) is 3.22. The Bertz CT molecular complexity index is 317. The molecule has 1 heterocycles. The number of rotatable bonds is 3. The van der Waals surface area contributed by atoms with Gasteiger partial charge >= 0.3 is 0 Å². The van der Waals surface area contributed by atoms with Crippen LogP contribution in [-0.4, -0.2) is 38.1 Å². The number of hydrogen-bond acceptors (Lipinski definition) is 3. The Labute approximate surface area is 97.8 Å². The number of nitrogens with one attached hydrogen (secondary N) is 2. The fraction of sp³-hybridized carbons (Fsp3) is 0.538. The highest BCUT2D eigenvalue weighted by molar-refractivity contribution is 5.44. The summed E-state index contributed by atoms with van der Waals surface area (Å²) in [6.07, 6.45) is 1.26. The molecule has 2 N–H and O–H groups in total. The summed E-state index contributed by atoms with van der Waals surface area (Å²) >= 11 is 0. The highest BCUT2D eigenvalue weighted by Crippen LogP contribution is 2.12. The van der Waals surface area contributed by atoms with Gasteiger partial charge in [-0.25, -0.2) is 0 Å². The van der Waals surface area contributed by atoms with E-state index in [2.05, 4.69) is 39.8 Å². The van der Waals surface area contributed by atoms with Crippen molar-refractivity contribution in [3.8, 4) is 0 Å². The highest BCUT2D eigenvalue weighted by atomic mass is 15.1. The zero-order valence-corrected chi connectivity index (χ0v) is 10.00. The van der Waals surface area contributed by atoms with Gasteiger partial charge in [0.1, 0.15) is 0 Å². The summed E-state index contributed by atoms with van der Waals surface area (Å²) in [5, 5.41) is 6.62. The summed E-state index contributed by atoms with van der Waals surface area (Å²) in [6, 6.07) is 8.67. The number of hydrogen-bond donors (Lipinski definition) is 2. The van der Waals surface area contributed by atoms with E-state index >= 15 is 0 Å². The molecule has 0 unspecified atom stereocenters. The molecule has 0 spiro atoms. The lowest BCUT2D eigenvalue weighted by Crippen LogP contribution is -2.27. The molecule has 16 heavy (non-hydrogen) atoms. The Kier molecular flexibility index (Phi) is 4.19. The minimum atomic E-state index is 1.07. The van der Waals surface area contributed by atoms with Gasteiger partial charge in [-0.05, 0) is 37.2 Å². The number of benzene rings is 1. The largest absolute Gasteiger partial charge is 0.388 e. The predicted molar refractivity (Wildman–Crippen MR) is 68.8 cm³/mol. The van der Waals surface area contributed by atoms with E-state index in [1.54, 1.807) is 0 Å². The van der Waals surface area contributed by atoms with Gasteiger partial charge in [0.15, 0.2) is 0 Å². The Morgan fingerprint density at radius 3 is 3.12 bits per heavy atom. The van der Waals surface area contributed by atoms with E-state index in [1.807, 2.05) is 7.05 Å². The fourth-order valence-electron chi connectivity index (χ4n) is 2.14. The maximum Gasteiger partial charge on any atom is 0.0340 e. The predicted octanol–water partition coefficient (Wildman–Crippen LogP) is 1.52. The molecule has 0 saturated carbocycles. The molecule has 0 atom stereocenters. The summed E-state index contributed by atoms with van der Waals surface area (Å²) in [7, 11) is 1.97. The molecule has 2 rings (SSSR count). The van der Waals surface area contributed by atoms with Crippen LogP contribution in [0.4, 0.5) is 5.69 Å². The van der Waals surface area contributed by atoms with Gasteiger partial charge in [-0.3, -0.25) is 4.90 Å². The van der Waals surface area contributed by atoms with Crippen molar-refractivity contribution in [3.05, 3.63) is 29.8 Å². The topological polar surface area (TPSA) is 27.3 Å². The van der Waals surface area contributed by atoms with Gasteiger partial charge in [0.05, 0.1) is 0 Å². The number of anilines is 1. The Morgan fingerprint density at radius 1 is 1.31 bits per heavy atom. The molecule has 0 aliphatic carbocycles. The summed E-state index contributed by atoms with van der Waals surface area (Å²) in [5.41, 5.74) is 2.60. The fourth-order valence-corrected chi connectivity index (χ4v) is 2.14. The van der Waals surface area contributed by atoms with Crippen molar-refractivity contribution in [1.82, 2.24) is 10.2 Å². The van der Waals surface area contributed by atoms with Gasteiger partial charge in [-0.15, -0.1) is 0 Å². The lowest BCUT2D eigenvalue weighted by Gasteiger charge is -2.19. The molecule has 1 aliphatic heterocycles. The quantitative estimate of drug-likeness (QED) is 0.807. The molecule has 0 amide bonds. The van der Waals surface area contributed by atoms with Gasteiger partial charge in [-0.2, -0.15) is 0 Å². The molecule has 0 aromatic heterocycles. The van der Waals surface area contributed by atoms with Gasteiger partial charge in [0.2, 0.25) is 0 Å². The zero-order valence-electron chi connectivity index (χ0n) is 10.00. The van der Waals surface area contributed by atoms with Crippen LogP contribution in [0.2, 0.25) is 0 Å². The van der Waals surface area contributed by atoms with Crippen molar-refractivity contribution in [1.29, 1.82) is 0 Å². The summed E-state index contributed by atoms with van der Waals surface area (Å²) in [4.78, 5) is 2.52. The zero-order chi connectivity index (χ0) is 11.2.